The number of fused-ring (bicyclic) bond motifs is 1. The second-order valence-electron chi connectivity index (χ2n) is 5.77. The molecule has 3 aromatic rings. The maximum Gasteiger partial charge on any atom is 0.261 e. The average molecular weight is 354 g/mol. The molecule has 0 unspecified atom stereocenters. The zero-order chi connectivity index (χ0) is 18.0. The van der Waals surface area contributed by atoms with Gasteiger partial charge in [-0.25, -0.2) is 8.42 Å². The monoisotopic (exact) mass is 354 g/mol. The third-order valence-electron chi connectivity index (χ3n) is 4.02. The van der Waals surface area contributed by atoms with Crippen LogP contribution in [0.15, 0.2) is 47.5 Å². The number of nitrogens with one attached hydrogen (secondary N) is 3. The Balaban J connectivity index is 1.99. The zero-order valence-corrected chi connectivity index (χ0v) is 14.7. The highest BCUT2D eigenvalue weighted by atomic mass is 32.2. The molecule has 0 aliphatic carbocycles. The van der Waals surface area contributed by atoms with Crippen LogP contribution >= 0.6 is 0 Å². The van der Waals surface area contributed by atoms with Crippen LogP contribution in [-0.2, 0) is 16.6 Å². The van der Waals surface area contributed by atoms with Gasteiger partial charge in [0.15, 0.2) is 0 Å². The van der Waals surface area contributed by atoms with Gasteiger partial charge in [-0.2, -0.15) is 5.26 Å². The highest BCUT2D eigenvalue weighted by molar-refractivity contribution is 7.92. The smallest absolute Gasteiger partial charge is 0.261 e. The summed E-state index contributed by atoms with van der Waals surface area (Å²) >= 11 is 0. The van der Waals surface area contributed by atoms with Crippen LogP contribution in [0, 0.1) is 18.3 Å². The largest absolute Gasteiger partial charge is 0.358 e. The fraction of sp³-hybridized carbons (Fsp3) is 0.167. The van der Waals surface area contributed by atoms with Gasteiger partial charge in [-0.1, -0.05) is 18.2 Å². The van der Waals surface area contributed by atoms with Crippen LogP contribution in [0.25, 0.3) is 10.9 Å². The summed E-state index contributed by atoms with van der Waals surface area (Å²) in [7, 11) is -1.89. The Morgan fingerprint density at radius 3 is 2.52 bits per heavy atom. The molecule has 0 atom stereocenters. The number of nitrogens with zero attached hydrogens (tertiary/aromatic N) is 1. The van der Waals surface area contributed by atoms with Gasteiger partial charge in [0.2, 0.25) is 0 Å². The molecule has 25 heavy (non-hydrogen) atoms. The second kappa shape index (κ2) is 6.59. The third-order valence-corrected chi connectivity index (χ3v) is 5.40. The van der Waals surface area contributed by atoms with Crippen molar-refractivity contribution in [1.29, 1.82) is 5.26 Å². The minimum absolute atomic E-state index is 0.188. The fourth-order valence-corrected chi connectivity index (χ4v) is 3.86. The molecule has 0 saturated heterocycles. The number of H-pyrrole nitrogens is 1. The van der Waals surface area contributed by atoms with Crippen molar-refractivity contribution in [3.05, 3.63) is 59.3 Å². The summed E-state index contributed by atoms with van der Waals surface area (Å²) < 4.78 is 27.9. The van der Waals surface area contributed by atoms with Crippen LogP contribution in [0.4, 0.5) is 5.69 Å². The highest BCUT2D eigenvalue weighted by Crippen LogP contribution is 2.29. The Labute approximate surface area is 146 Å². The summed E-state index contributed by atoms with van der Waals surface area (Å²) in [6, 6.07) is 12.3. The maximum atomic E-state index is 12.7. The zero-order valence-electron chi connectivity index (χ0n) is 13.9. The van der Waals surface area contributed by atoms with Crippen LogP contribution < -0.4 is 10.0 Å². The van der Waals surface area contributed by atoms with E-state index in [4.69, 9.17) is 0 Å². The lowest BCUT2D eigenvalue weighted by molar-refractivity contribution is 0.601. The number of sulfonamides is 1. The number of aryl methyl sites for hydroxylation is 1. The van der Waals surface area contributed by atoms with Gasteiger partial charge in [-0.15, -0.1) is 0 Å². The Morgan fingerprint density at radius 2 is 1.88 bits per heavy atom. The lowest BCUT2D eigenvalue weighted by atomic mass is 10.1. The van der Waals surface area contributed by atoms with Crippen molar-refractivity contribution >= 4 is 26.6 Å². The molecule has 0 saturated carbocycles. The average Bonchev–Trinajstić information content (AvgIpc) is 3.03. The van der Waals surface area contributed by atoms with Gasteiger partial charge in [0.1, 0.15) is 6.07 Å². The minimum Gasteiger partial charge on any atom is -0.358 e. The topological polar surface area (TPSA) is 97.8 Å². The number of nitriles is 1. The van der Waals surface area contributed by atoms with Gasteiger partial charge in [0.25, 0.3) is 10.0 Å². The van der Waals surface area contributed by atoms with Crippen LogP contribution in [0.2, 0.25) is 0 Å². The van der Waals surface area contributed by atoms with E-state index in [-0.39, 0.29) is 4.90 Å². The van der Waals surface area contributed by atoms with Gasteiger partial charge >= 0.3 is 0 Å². The van der Waals surface area contributed by atoms with E-state index < -0.39 is 10.0 Å². The van der Waals surface area contributed by atoms with Crippen LogP contribution in [0.3, 0.4) is 0 Å². The number of benzene rings is 2. The normalized spacial score (nSPS) is 11.4. The molecule has 6 nitrogen and oxygen atoms in total. The molecule has 1 aromatic heterocycles. The number of hydrogen-bond acceptors (Lipinski definition) is 4. The van der Waals surface area contributed by atoms with E-state index in [1.165, 1.54) is 0 Å². The first-order chi connectivity index (χ1) is 12.0. The molecular weight excluding hydrogens is 336 g/mol. The molecule has 0 spiro atoms. The van der Waals surface area contributed by atoms with E-state index in [0.717, 1.165) is 16.5 Å². The summed E-state index contributed by atoms with van der Waals surface area (Å²) in [6.45, 7) is 2.56. The lowest BCUT2D eigenvalue weighted by Crippen LogP contribution is -2.13. The van der Waals surface area contributed by atoms with Gasteiger partial charge < -0.3 is 10.3 Å². The highest BCUT2D eigenvalue weighted by Gasteiger charge is 2.17. The Bertz CT molecular complexity index is 1060. The quantitative estimate of drug-likeness (QED) is 0.656. The van der Waals surface area contributed by atoms with E-state index >= 15 is 0 Å². The molecule has 7 heteroatoms. The minimum atomic E-state index is -3.72. The first-order valence-corrected chi connectivity index (χ1v) is 9.21. The number of hydrogen-bond donors (Lipinski definition) is 3. The third kappa shape index (κ3) is 3.22. The predicted octanol–water partition coefficient (Wildman–Crippen LogP) is 2.87. The Morgan fingerprint density at radius 1 is 1.16 bits per heavy atom. The molecule has 0 amide bonds. The van der Waals surface area contributed by atoms with Crippen molar-refractivity contribution in [1.82, 2.24) is 10.3 Å². The first-order valence-electron chi connectivity index (χ1n) is 7.73. The number of aromatic nitrogens is 1. The van der Waals surface area contributed by atoms with Crippen molar-refractivity contribution in [2.24, 2.45) is 0 Å². The van der Waals surface area contributed by atoms with Gasteiger partial charge in [0, 0.05) is 18.1 Å². The number of anilines is 1. The maximum absolute atomic E-state index is 12.7. The van der Waals surface area contributed by atoms with Crippen molar-refractivity contribution in [2.45, 2.75) is 18.4 Å². The molecule has 0 bridgehead atoms. The van der Waals surface area contributed by atoms with Crippen LogP contribution in [-0.4, -0.2) is 20.4 Å². The van der Waals surface area contributed by atoms with Gasteiger partial charge in [-0.05, 0) is 43.3 Å². The summed E-state index contributed by atoms with van der Waals surface area (Å²) in [6.07, 6.45) is 1.59. The number of aromatic amines is 1. The predicted molar refractivity (Wildman–Crippen MR) is 97.8 cm³/mol. The van der Waals surface area contributed by atoms with E-state index in [9.17, 15) is 13.7 Å². The summed E-state index contributed by atoms with van der Waals surface area (Å²) in [5, 5.41) is 13.0. The van der Waals surface area contributed by atoms with Crippen LogP contribution in [0.5, 0.6) is 0 Å². The van der Waals surface area contributed by atoms with E-state index in [0.29, 0.717) is 23.3 Å². The molecule has 1 heterocycles. The second-order valence-corrected chi connectivity index (χ2v) is 7.46. The number of rotatable bonds is 5. The van der Waals surface area contributed by atoms with E-state index in [2.05, 4.69) is 21.1 Å². The fourth-order valence-electron chi connectivity index (χ4n) is 2.79. The van der Waals surface area contributed by atoms with Crippen molar-refractivity contribution < 1.29 is 8.42 Å². The SMILES string of the molecule is CNCc1ccc(S(=O)(=O)Nc2ccc(C)c3c(C#N)c[nH]c23)cc1. The first kappa shape index (κ1) is 17.0. The van der Waals surface area contributed by atoms with E-state index in [1.54, 1.807) is 42.6 Å². The summed E-state index contributed by atoms with van der Waals surface area (Å²) in [5.74, 6) is 0. The van der Waals surface area contributed by atoms with E-state index in [1.807, 2.05) is 14.0 Å². The Kier molecular flexibility index (Phi) is 4.49. The summed E-state index contributed by atoms with van der Waals surface area (Å²) in [4.78, 5) is 3.18. The molecule has 3 N–H and O–H groups in total. The van der Waals surface area contributed by atoms with Gasteiger partial charge in [-0.3, -0.25) is 4.72 Å². The van der Waals surface area contributed by atoms with Crippen molar-refractivity contribution in [2.75, 3.05) is 11.8 Å². The molecular formula is C18H18N4O2S. The molecule has 0 fully saturated rings. The molecule has 0 radical (unpaired) electrons. The van der Waals surface area contributed by atoms with Crippen molar-refractivity contribution in [3.8, 4) is 6.07 Å². The molecule has 128 valence electrons. The van der Waals surface area contributed by atoms with Crippen molar-refractivity contribution in [3.63, 3.8) is 0 Å². The molecule has 0 aliphatic rings. The molecule has 2 aromatic carbocycles. The molecule has 3 rings (SSSR count). The summed E-state index contributed by atoms with van der Waals surface area (Å²) in [5.41, 5.74) is 3.42. The van der Waals surface area contributed by atoms with Crippen LogP contribution in [0.1, 0.15) is 16.7 Å². The van der Waals surface area contributed by atoms with Gasteiger partial charge in [0.05, 0.1) is 21.7 Å². The Hall–Kier alpha value is -2.82. The lowest BCUT2D eigenvalue weighted by Gasteiger charge is -2.11. The molecule has 0 aliphatic heterocycles. The standard InChI is InChI=1S/C18H18N4O2S/c1-12-3-8-16(18-17(12)14(9-19)11-21-18)22-25(23,24)15-6-4-13(5-7-15)10-20-2/h3-8,11,20-22H,10H2,1-2H3.